The van der Waals surface area contributed by atoms with Crippen molar-refractivity contribution in [3.63, 3.8) is 0 Å². The monoisotopic (exact) mass is 485 g/mol. The van der Waals surface area contributed by atoms with Crippen LogP contribution in [0.15, 0.2) is 106 Å². The molecular weight excluding hydrogens is 458 g/mol. The summed E-state index contributed by atoms with van der Waals surface area (Å²) < 4.78 is 34.8. The number of benzene rings is 4. The highest BCUT2D eigenvalue weighted by Crippen LogP contribution is 2.39. The predicted molar refractivity (Wildman–Crippen MR) is 140 cm³/mol. The highest BCUT2D eigenvalue weighted by molar-refractivity contribution is 7.83. The Hall–Kier alpha value is -3.90. The van der Waals surface area contributed by atoms with Gasteiger partial charge in [0, 0.05) is 11.8 Å². The first kappa shape index (κ1) is 24.2. The summed E-state index contributed by atoms with van der Waals surface area (Å²) in [5.74, 6) is 1.53. The lowest BCUT2D eigenvalue weighted by Gasteiger charge is -2.16. The van der Waals surface area contributed by atoms with Gasteiger partial charge in [0.1, 0.15) is 13.2 Å². The molecule has 0 saturated heterocycles. The predicted octanol–water partition coefficient (Wildman–Crippen LogP) is 6.30. The Kier molecular flexibility index (Phi) is 8.30. The van der Waals surface area contributed by atoms with Crippen molar-refractivity contribution in [2.75, 3.05) is 7.11 Å². The Morgan fingerprint density at radius 3 is 1.77 bits per heavy atom. The van der Waals surface area contributed by atoms with Crippen molar-refractivity contribution in [1.82, 2.24) is 0 Å². The van der Waals surface area contributed by atoms with Crippen molar-refractivity contribution >= 4 is 17.2 Å². The molecule has 35 heavy (non-hydrogen) atoms. The Morgan fingerprint density at radius 1 is 0.771 bits per heavy atom. The maximum atomic E-state index is 12.7. The smallest absolute Gasteiger partial charge is 0.203 e. The van der Waals surface area contributed by atoms with E-state index >= 15 is 0 Å². The van der Waals surface area contributed by atoms with Gasteiger partial charge in [-0.05, 0) is 42.3 Å². The fourth-order valence-corrected chi connectivity index (χ4v) is 4.09. The molecule has 0 spiro atoms. The van der Waals surface area contributed by atoms with Gasteiger partial charge < -0.3 is 14.2 Å². The summed E-state index contributed by atoms with van der Waals surface area (Å²) in [5.41, 5.74) is 3.85. The van der Waals surface area contributed by atoms with E-state index in [2.05, 4.69) is 4.40 Å². The van der Waals surface area contributed by atoms with E-state index in [9.17, 15) is 4.21 Å². The van der Waals surface area contributed by atoms with Gasteiger partial charge in [0.15, 0.2) is 22.5 Å². The first-order valence-electron chi connectivity index (χ1n) is 11.2. The van der Waals surface area contributed by atoms with E-state index in [1.54, 1.807) is 13.3 Å². The average molecular weight is 486 g/mol. The molecule has 0 aromatic heterocycles. The van der Waals surface area contributed by atoms with Crippen LogP contribution in [0.2, 0.25) is 0 Å². The molecule has 0 radical (unpaired) electrons. The summed E-state index contributed by atoms with van der Waals surface area (Å²) in [6.07, 6.45) is 1.57. The van der Waals surface area contributed by atoms with Gasteiger partial charge in [0.25, 0.3) is 0 Å². The van der Waals surface area contributed by atoms with Crippen molar-refractivity contribution < 1.29 is 18.4 Å². The molecule has 0 aliphatic carbocycles. The van der Waals surface area contributed by atoms with Crippen LogP contribution >= 0.6 is 0 Å². The summed E-state index contributed by atoms with van der Waals surface area (Å²) >= 11 is 0. The summed E-state index contributed by atoms with van der Waals surface area (Å²) in [7, 11) is 0.0608. The van der Waals surface area contributed by atoms with Crippen molar-refractivity contribution in [1.29, 1.82) is 0 Å². The molecule has 4 aromatic carbocycles. The molecule has 178 valence electrons. The highest BCUT2D eigenvalue weighted by Gasteiger charge is 2.15. The lowest BCUT2D eigenvalue weighted by Crippen LogP contribution is -2.03. The number of methoxy groups -OCH3 is 1. The Balaban J connectivity index is 1.61. The third kappa shape index (κ3) is 6.80. The fraction of sp³-hybridized carbons (Fsp3) is 0.138. The number of nitrogens with zero attached hydrogens (tertiary/aromatic N) is 1. The van der Waals surface area contributed by atoms with E-state index in [4.69, 9.17) is 14.2 Å². The second-order valence-corrected chi connectivity index (χ2v) is 9.08. The maximum absolute atomic E-state index is 12.7. The van der Waals surface area contributed by atoms with Crippen LogP contribution in [-0.2, 0) is 24.2 Å². The lowest BCUT2D eigenvalue weighted by molar-refractivity contribution is 0.257. The molecule has 0 amide bonds. The topological polar surface area (TPSA) is 57.1 Å². The Bertz CT molecular complexity index is 1230. The van der Waals surface area contributed by atoms with Gasteiger partial charge >= 0.3 is 0 Å². The van der Waals surface area contributed by atoms with Crippen LogP contribution < -0.4 is 14.2 Å². The Labute approximate surface area is 208 Å². The summed E-state index contributed by atoms with van der Waals surface area (Å²) in [5, 5.41) is 0. The third-order valence-corrected chi connectivity index (χ3v) is 6.21. The number of rotatable bonds is 10. The van der Waals surface area contributed by atoms with Gasteiger partial charge in [0.2, 0.25) is 5.75 Å². The van der Waals surface area contributed by atoms with E-state index in [1.807, 2.05) is 104 Å². The second-order valence-electron chi connectivity index (χ2n) is 7.90. The number of ether oxygens (including phenoxy) is 3. The van der Waals surface area contributed by atoms with Gasteiger partial charge in [0.05, 0.1) is 12.0 Å². The van der Waals surface area contributed by atoms with E-state index in [-0.39, 0.29) is 0 Å². The SMILES string of the molecule is COc1c(OCc2ccccc2)cc(/C=N/[S@](=O)c2ccc(C)cc2)cc1OCc1ccccc1. The second kappa shape index (κ2) is 12.0. The van der Waals surface area contributed by atoms with E-state index in [0.717, 1.165) is 16.7 Å². The van der Waals surface area contributed by atoms with Gasteiger partial charge in [-0.3, -0.25) is 0 Å². The number of hydrogen-bond acceptors (Lipinski definition) is 4. The standard InChI is InChI=1S/C29H27NO4S/c1-22-13-15-26(16-14-22)35(31)30-19-25-17-27(33-20-23-9-5-3-6-10-23)29(32-2)28(18-25)34-21-24-11-7-4-8-12-24/h3-19H,20-21H2,1-2H3/b30-19+/t35-/m1/s1. The Morgan fingerprint density at radius 2 is 1.29 bits per heavy atom. The summed E-state index contributed by atoms with van der Waals surface area (Å²) in [6.45, 7) is 2.72. The number of hydrogen-bond donors (Lipinski definition) is 0. The first-order valence-corrected chi connectivity index (χ1v) is 12.3. The molecule has 0 fully saturated rings. The molecule has 0 aliphatic heterocycles. The molecule has 0 unspecified atom stereocenters. The molecule has 5 nitrogen and oxygen atoms in total. The minimum atomic E-state index is -1.52. The molecular formula is C29H27NO4S. The number of aryl methyl sites for hydroxylation is 1. The van der Waals surface area contributed by atoms with Crippen LogP contribution in [-0.4, -0.2) is 17.5 Å². The average Bonchev–Trinajstić information content (AvgIpc) is 2.90. The molecule has 0 saturated carbocycles. The largest absolute Gasteiger partial charge is 0.490 e. The van der Waals surface area contributed by atoms with E-state index in [1.165, 1.54) is 0 Å². The molecule has 1 atom stereocenters. The first-order chi connectivity index (χ1) is 17.1. The minimum absolute atomic E-state index is 0.366. The van der Waals surface area contributed by atoms with Crippen LogP contribution in [0.25, 0.3) is 0 Å². The van der Waals surface area contributed by atoms with Gasteiger partial charge in [-0.25, -0.2) is 4.21 Å². The van der Waals surface area contributed by atoms with E-state index in [0.29, 0.717) is 40.9 Å². The fourth-order valence-electron chi connectivity index (χ4n) is 3.38. The summed E-state index contributed by atoms with van der Waals surface area (Å²) in [4.78, 5) is 0.640. The zero-order valence-corrected chi connectivity index (χ0v) is 20.5. The van der Waals surface area contributed by atoms with Crippen LogP contribution in [0.5, 0.6) is 17.2 Å². The molecule has 0 bridgehead atoms. The van der Waals surface area contributed by atoms with Crippen molar-refractivity contribution in [2.45, 2.75) is 25.0 Å². The molecule has 4 rings (SSSR count). The highest BCUT2D eigenvalue weighted by atomic mass is 32.2. The zero-order valence-electron chi connectivity index (χ0n) is 19.7. The molecule has 4 aromatic rings. The van der Waals surface area contributed by atoms with E-state index < -0.39 is 11.0 Å². The van der Waals surface area contributed by atoms with Crippen LogP contribution in [0.3, 0.4) is 0 Å². The zero-order chi connectivity index (χ0) is 24.5. The third-order valence-electron chi connectivity index (χ3n) is 5.24. The van der Waals surface area contributed by atoms with Crippen molar-refractivity contribution in [3.05, 3.63) is 119 Å². The van der Waals surface area contributed by atoms with Crippen LogP contribution in [0.4, 0.5) is 0 Å². The van der Waals surface area contributed by atoms with Crippen LogP contribution in [0, 0.1) is 6.92 Å². The minimum Gasteiger partial charge on any atom is -0.490 e. The molecule has 0 aliphatic rings. The molecule has 0 heterocycles. The van der Waals surface area contributed by atoms with Gasteiger partial charge in [-0.2, -0.15) is 4.40 Å². The van der Waals surface area contributed by atoms with Crippen LogP contribution in [0.1, 0.15) is 22.3 Å². The molecule has 6 heteroatoms. The quantitative estimate of drug-likeness (QED) is 0.247. The normalized spacial score (nSPS) is 11.8. The van der Waals surface area contributed by atoms with Gasteiger partial charge in [-0.15, -0.1) is 0 Å². The van der Waals surface area contributed by atoms with Crippen molar-refractivity contribution in [2.24, 2.45) is 4.40 Å². The lowest BCUT2D eigenvalue weighted by atomic mass is 10.2. The maximum Gasteiger partial charge on any atom is 0.203 e. The summed E-state index contributed by atoms with van der Waals surface area (Å²) in [6, 6.07) is 30.9. The molecule has 0 N–H and O–H groups in total. The van der Waals surface area contributed by atoms with Gasteiger partial charge in [-0.1, -0.05) is 78.4 Å². The van der Waals surface area contributed by atoms with Crippen molar-refractivity contribution in [3.8, 4) is 17.2 Å².